The monoisotopic (exact) mass is 351 g/mol. The molecule has 2 N–H and O–H groups in total. The van der Waals surface area contributed by atoms with E-state index in [1.54, 1.807) is 31.4 Å². The Morgan fingerprint density at radius 3 is 2.44 bits per heavy atom. The van der Waals surface area contributed by atoms with Crippen molar-refractivity contribution in [3.8, 4) is 11.5 Å². The normalized spacial score (nSPS) is 14.6. The van der Waals surface area contributed by atoms with Gasteiger partial charge in [-0.05, 0) is 24.3 Å². The molecule has 8 nitrogen and oxygen atoms in total. The maximum absolute atomic E-state index is 11.7. The van der Waals surface area contributed by atoms with Crippen LogP contribution in [0.15, 0.2) is 24.3 Å². The van der Waals surface area contributed by atoms with E-state index >= 15 is 0 Å². The van der Waals surface area contributed by atoms with Crippen LogP contribution < -0.4 is 20.1 Å². The van der Waals surface area contributed by atoms with Crippen molar-refractivity contribution in [2.24, 2.45) is 0 Å². The number of amides is 2. The molecule has 1 heterocycles. The van der Waals surface area contributed by atoms with Crippen LogP contribution in [0.4, 0.5) is 0 Å². The van der Waals surface area contributed by atoms with Gasteiger partial charge in [-0.25, -0.2) is 0 Å². The zero-order chi connectivity index (χ0) is 17.9. The highest BCUT2D eigenvalue weighted by atomic mass is 16.5. The molecule has 0 spiro atoms. The lowest BCUT2D eigenvalue weighted by Crippen LogP contribution is -2.44. The van der Waals surface area contributed by atoms with Crippen LogP contribution in [0.2, 0.25) is 0 Å². The first-order chi connectivity index (χ1) is 12.2. The lowest BCUT2D eigenvalue weighted by molar-refractivity contribution is -0.127. The third-order valence-electron chi connectivity index (χ3n) is 3.73. The van der Waals surface area contributed by atoms with Gasteiger partial charge in [-0.15, -0.1) is 0 Å². The van der Waals surface area contributed by atoms with Gasteiger partial charge >= 0.3 is 0 Å². The number of rotatable bonds is 9. The van der Waals surface area contributed by atoms with Gasteiger partial charge in [0, 0.05) is 26.2 Å². The van der Waals surface area contributed by atoms with Crippen molar-refractivity contribution < 1.29 is 23.8 Å². The number of carbonyl (C=O) groups is 2. The molecule has 1 aromatic rings. The number of morpholine rings is 1. The lowest BCUT2D eigenvalue weighted by atomic mass is 10.3. The van der Waals surface area contributed by atoms with Crippen molar-refractivity contribution in [1.29, 1.82) is 0 Å². The Hall–Kier alpha value is -2.32. The van der Waals surface area contributed by atoms with Gasteiger partial charge in [-0.2, -0.15) is 0 Å². The molecule has 0 radical (unpaired) electrons. The summed E-state index contributed by atoms with van der Waals surface area (Å²) in [5.41, 5.74) is 0. The van der Waals surface area contributed by atoms with Gasteiger partial charge in [-0.3, -0.25) is 14.5 Å². The van der Waals surface area contributed by atoms with Crippen LogP contribution in [0.3, 0.4) is 0 Å². The zero-order valence-electron chi connectivity index (χ0n) is 14.5. The first-order valence-corrected chi connectivity index (χ1v) is 8.28. The van der Waals surface area contributed by atoms with E-state index < -0.39 is 0 Å². The Labute approximate surface area is 147 Å². The Morgan fingerprint density at radius 1 is 1.08 bits per heavy atom. The number of carbonyl (C=O) groups excluding carboxylic acids is 2. The summed E-state index contributed by atoms with van der Waals surface area (Å²) >= 11 is 0. The van der Waals surface area contributed by atoms with Crippen LogP contribution in [0.5, 0.6) is 11.5 Å². The molecule has 1 aromatic carbocycles. The fraction of sp³-hybridized carbons (Fsp3) is 0.529. The summed E-state index contributed by atoms with van der Waals surface area (Å²) in [7, 11) is 1.58. The molecule has 1 saturated heterocycles. The fourth-order valence-electron chi connectivity index (χ4n) is 2.29. The second-order valence-electron chi connectivity index (χ2n) is 5.54. The maximum atomic E-state index is 11.7. The van der Waals surface area contributed by atoms with E-state index in [-0.39, 0.29) is 25.0 Å². The highest BCUT2D eigenvalue weighted by molar-refractivity contribution is 5.85. The van der Waals surface area contributed by atoms with E-state index in [2.05, 4.69) is 15.5 Å². The zero-order valence-corrected chi connectivity index (χ0v) is 14.5. The van der Waals surface area contributed by atoms with Crippen LogP contribution in [-0.2, 0) is 14.3 Å². The van der Waals surface area contributed by atoms with Gasteiger partial charge in [-0.1, -0.05) is 0 Å². The average Bonchev–Trinajstić information content (AvgIpc) is 2.66. The standard InChI is InChI=1S/C17H25N3O5/c1-23-14-2-4-15(5-3-14)25-13-17(22)19-12-16(21)18-6-7-20-8-10-24-11-9-20/h2-5H,6-13H2,1H3,(H,18,21)(H,19,22). The summed E-state index contributed by atoms with van der Waals surface area (Å²) in [6, 6.07) is 6.92. The number of nitrogens with one attached hydrogen (secondary N) is 2. The first-order valence-electron chi connectivity index (χ1n) is 8.28. The van der Waals surface area contributed by atoms with E-state index in [9.17, 15) is 9.59 Å². The maximum Gasteiger partial charge on any atom is 0.258 e. The van der Waals surface area contributed by atoms with Crippen molar-refractivity contribution in [3.63, 3.8) is 0 Å². The molecule has 0 unspecified atom stereocenters. The van der Waals surface area contributed by atoms with Gasteiger partial charge in [0.1, 0.15) is 11.5 Å². The van der Waals surface area contributed by atoms with Crippen LogP contribution in [0.1, 0.15) is 0 Å². The number of ether oxygens (including phenoxy) is 3. The lowest BCUT2D eigenvalue weighted by Gasteiger charge is -2.26. The van der Waals surface area contributed by atoms with Crippen LogP contribution in [0.25, 0.3) is 0 Å². The largest absolute Gasteiger partial charge is 0.497 e. The summed E-state index contributed by atoms with van der Waals surface area (Å²) in [4.78, 5) is 25.6. The molecule has 0 atom stereocenters. The van der Waals surface area contributed by atoms with Crippen molar-refractivity contribution >= 4 is 11.8 Å². The van der Waals surface area contributed by atoms with Crippen molar-refractivity contribution in [2.45, 2.75) is 0 Å². The molecule has 1 aliphatic heterocycles. The molecule has 0 aliphatic carbocycles. The highest BCUT2D eigenvalue weighted by Crippen LogP contribution is 2.16. The SMILES string of the molecule is COc1ccc(OCC(=O)NCC(=O)NCCN2CCOCC2)cc1. The van der Waals surface area contributed by atoms with Gasteiger partial charge < -0.3 is 24.8 Å². The molecule has 0 aromatic heterocycles. The predicted octanol–water partition coefficient (Wildman–Crippen LogP) is -0.361. The van der Waals surface area contributed by atoms with E-state index in [4.69, 9.17) is 14.2 Å². The second kappa shape index (κ2) is 10.5. The third kappa shape index (κ3) is 7.40. The molecule has 0 bridgehead atoms. The topological polar surface area (TPSA) is 89.1 Å². The summed E-state index contributed by atoms with van der Waals surface area (Å²) in [5, 5.41) is 5.31. The van der Waals surface area contributed by atoms with Crippen LogP contribution in [0, 0.1) is 0 Å². The minimum Gasteiger partial charge on any atom is -0.497 e. The van der Waals surface area contributed by atoms with Crippen LogP contribution >= 0.6 is 0 Å². The Morgan fingerprint density at radius 2 is 1.76 bits per heavy atom. The smallest absolute Gasteiger partial charge is 0.258 e. The molecule has 1 aliphatic rings. The van der Waals surface area contributed by atoms with Gasteiger partial charge in [0.15, 0.2) is 6.61 Å². The third-order valence-corrected chi connectivity index (χ3v) is 3.73. The number of methoxy groups -OCH3 is 1. The summed E-state index contributed by atoms with van der Waals surface area (Å²) < 4.78 is 15.6. The highest BCUT2D eigenvalue weighted by Gasteiger charge is 2.10. The van der Waals surface area contributed by atoms with Gasteiger partial charge in [0.05, 0.1) is 26.9 Å². The summed E-state index contributed by atoms with van der Waals surface area (Å²) in [6.45, 7) is 4.36. The molecule has 0 saturated carbocycles. The molecular weight excluding hydrogens is 326 g/mol. The van der Waals surface area contributed by atoms with Crippen molar-refractivity contribution in [2.75, 3.05) is 59.7 Å². The van der Waals surface area contributed by atoms with Gasteiger partial charge in [0.25, 0.3) is 5.91 Å². The quantitative estimate of drug-likeness (QED) is 0.632. The minimum absolute atomic E-state index is 0.0616. The van der Waals surface area contributed by atoms with Crippen LogP contribution in [-0.4, -0.2) is 76.4 Å². The van der Waals surface area contributed by atoms with Crippen molar-refractivity contribution in [1.82, 2.24) is 15.5 Å². The number of nitrogens with zero attached hydrogens (tertiary/aromatic N) is 1. The molecule has 1 fully saturated rings. The number of hydrogen-bond acceptors (Lipinski definition) is 6. The van der Waals surface area contributed by atoms with E-state index in [0.717, 1.165) is 32.8 Å². The molecule has 138 valence electrons. The molecule has 8 heteroatoms. The second-order valence-corrected chi connectivity index (χ2v) is 5.54. The minimum atomic E-state index is -0.348. The molecule has 2 rings (SSSR count). The van der Waals surface area contributed by atoms with E-state index in [1.165, 1.54) is 0 Å². The fourth-order valence-corrected chi connectivity index (χ4v) is 2.29. The van der Waals surface area contributed by atoms with Gasteiger partial charge in [0.2, 0.25) is 5.91 Å². The average molecular weight is 351 g/mol. The summed E-state index contributed by atoms with van der Waals surface area (Å²) in [5.74, 6) is 0.710. The van der Waals surface area contributed by atoms with E-state index in [1.807, 2.05) is 0 Å². The van der Waals surface area contributed by atoms with Crippen molar-refractivity contribution in [3.05, 3.63) is 24.3 Å². The number of benzene rings is 1. The predicted molar refractivity (Wildman–Crippen MR) is 91.8 cm³/mol. The summed E-state index contributed by atoms with van der Waals surface area (Å²) in [6.07, 6.45) is 0. The molecule has 25 heavy (non-hydrogen) atoms. The van der Waals surface area contributed by atoms with E-state index in [0.29, 0.717) is 18.0 Å². The number of hydrogen-bond donors (Lipinski definition) is 2. The molecule has 2 amide bonds. The first kappa shape index (κ1) is 19.0. The Kier molecular flexibility index (Phi) is 8.00. The Balaban J connectivity index is 1.54. The Bertz CT molecular complexity index is 544. The molecular formula is C17H25N3O5.